The van der Waals surface area contributed by atoms with Crippen LogP contribution in [-0.2, 0) is 4.74 Å². The van der Waals surface area contributed by atoms with Gasteiger partial charge in [-0.1, -0.05) is 0 Å². The summed E-state index contributed by atoms with van der Waals surface area (Å²) in [7, 11) is 0. The Morgan fingerprint density at radius 1 is 1.33 bits per heavy atom. The molecule has 6 heteroatoms. The van der Waals surface area contributed by atoms with Crippen LogP contribution in [0.25, 0.3) is 0 Å². The van der Waals surface area contributed by atoms with Crippen molar-refractivity contribution in [2.75, 3.05) is 39.4 Å². The van der Waals surface area contributed by atoms with E-state index in [1.54, 1.807) is 0 Å². The van der Waals surface area contributed by atoms with Crippen molar-refractivity contribution in [3.63, 3.8) is 0 Å². The third-order valence-electron chi connectivity index (χ3n) is 4.53. The van der Waals surface area contributed by atoms with Crippen molar-refractivity contribution in [1.29, 1.82) is 0 Å². The lowest BCUT2D eigenvalue weighted by molar-refractivity contribution is 0.0173. The molecule has 2 aliphatic heterocycles. The first kappa shape index (κ1) is 15.9. The van der Waals surface area contributed by atoms with Crippen molar-refractivity contribution in [2.24, 2.45) is 5.73 Å². The first-order valence-electron chi connectivity index (χ1n) is 7.72. The third-order valence-corrected chi connectivity index (χ3v) is 6.23. The van der Waals surface area contributed by atoms with Gasteiger partial charge in [0.25, 0.3) is 0 Å². The zero-order chi connectivity index (χ0) is 14.8. The van der Waals surface area contributed by atoms with Crippen molar-refractivity contribution in [2.45, 2.75) is 31.5 Å². The topological polar surface area (TPSA) is 41.7 Å². The Kier molecular flexibility index (Phi) is 5.35. The van der Waals surface area contributed by atoms with E-state index in [-0.39, 0.29) is 6.04 Å². The molecule has 118 valence electrons. The molecule has 2 fully saturated rings. The van der Waals surface area contributed by atoms with Crippen LogP contribution in [0.4, 0.5) is 0 Å². The zero-order valence-corrected chi connectivity index (χ0v) is 14.9. The van der Waals surface area contributed by atoms with Crippen molar-refractivity contribution in [3.8, 4) is 0 Å². The van der Waals surface area contributed by atoms with E-state index in [1.807, 2.05) is 11.3 Å². The normalized spacial score (nSPS) is 27.9. The Morgan fingerprint density at radius 2 is 2.10 bits per heavy atom. The first-order chi connectivity index (χ1) is 10.1. The van der Waals surface area contributed by atoms with Crippen molar-refractivity contribution in [3.05, 3.63) is 20.8 Å². The molecule has 2 N–H and O–H groups in total. The molecule has 0 bridgehead atoms. The van der Waals surface area contributed by atoms with Crippen LogP contribution in [-0.4, -0.2) is 61.3 Å². The molecule has 2 saturated heterocycles. The summed E-state index contributed by atoms with van der Waals surface area (Å²) >= 11 is 5.38. The van der Waals surface area contributed by atoms with E-state index in [9.17, 15) is 0 Å². The van der Waals surface area contributed by atoms with Crippen LogP contribution in [0.15, 0.2) is 15.9 Å². The molecule has 0 aromatic carbocycles. The van der Waals surface area contributed by atoms with Gasteiger partial charge >= 0.3 is 0 Å². The number of halogens is 1. The molecule has 2 aliphatic rings. The molecule has 4 nitrogen and oxygen atoms in total. The number of hydrogen-bond donors (Lipinski definition) is 1. The van der Waals surface area contributed by atoms with Crippen LogP contribution in [0.1, 0.15) is 24.3 Å². The molecule has 21 heavy (non-hydrogen) atoms. The summed E-state index contributed by atoms with van der Waals surface area (Å²) in [4.78, 5) is 6.54. The third kappa shape index (κ3) is 3.68. The van der Waals surface area contributed by atoms with Crippen LogP contribution in [0.3, 0.4) is 0 Å². The maximum atomic E-state index is 6.30. The Balaban J connectivity index is 1.67. The highest BCUT2D eigenvalue weighted by Crippen LogP contribution is 2.35. The summed E-state index contributed by atoms with van der Waals surface area (Å²) in [6, 6.07) is 5.50. The van der Waals surface area contributed by atoms with E-state index in [1.165, 1.54) is 15.1 Å². The molecule has 3 heterocycles. The van der Waals surface area contributed by atoms with Crippen LogP contribution < -0.4 is 5.73 Å². The number of thiophene rings is 1. The molecule has 3 atom stereocenters. The van der Waals surface area contributed by atoms with E-state index in [0.29, 0.717) is 12.1 Å². The summed E-state index contributed by atoms with van der Waals surface area (Å²) in [6.07, 6.45) is 1.25. The van der Waals surface area contributed by atoms with Crippen LogP contribution in [0.5, 0.6) is 0 Å². The fourth-order valence-corrected chi connectivity index (χ4v) is 5.19. The maximum absolute atomic E-state index is 6.30. The molecule has 0 amide bonds. The van der Waals surface area contributed by atoms with Gasteiger partial charge in [-0.2, -0.15) is 0 Å². The van der Waals surface area contributed by atoms with Crippen LogP contribution in [0.2, 0.25) is 0 Å². The predicted molar refractivity (Wildman–Crippen MR) is 90.8 cm³/mol. The van der Waals surface area contributed by atoms with E-state index < -0.39 is 0 Å². The fraction of sp³-hybridized carbons (Fsp3) is 0.733. The Bertz CT molecular complexity index is 462. The summed E-state index contributed by atoms with van der Waals surface area (Å²) < 4.78 is 6.65. The molecule has 0 spiro atoms. The number of nitrogens with two attached hydrogens (primary N) is 1. The smallest absolute Gasteiger partial charge is 0.0702 e. The SMILES string of the molecule is CC(N)C(c1ccc(Br)s1)N1CCC(N2CCOCC2)C1. The first-order valence-corrected chi connectivity index (χ1v) is 9.33. The van der Waals surface area contributed by atoms with Gasteiger partial charge in [-0.25, -0.2) is 0 Å². The van der Waals surface area contributed by atoms with E-state index in [0.717, 1.165) is 39.4 Å². The highest BCUT2D eigenvalue weighted by Gasteiger charge is 2.34. The van der Waals surface area contributed by atoms with Gasteiger partial charge in [-0.3, -0.25) is 9.80 Å². The summed E-state index contributed by atoms with van der Waals surface area (Å²) in [6.45, 7) is 8.31. The highest BCUT2D eigenvalue weighted by atomic mass is 79.9. The average molecular weight is 374 g/mol. The van der Waals surface area contributed by atoms with Gasteiger partial charge in [0, 0.05) is 43.1 Å². The average Bonchev–Trinajstić information content (AvgIpc) is 3.10. The minimum Gasteiger partial charge on any atom is -0.379 e. The summed E-state index contributed by atoms with van der Waals surface area (Å²) in [5.41, 5.74) is 6.30. The van der Waals surface area contributed by atoms with E-state index >= 15 is 0 Å². The van der Waals surface area contributed by atoms with Crippen molar-refractivity contribution < 1.29 is 4.74 Å². The van der Waals surface area contributed by atoms with Gasteiger partial charge in [0.1, 0.15) is 0 Å². The molecule has 0 aliphatic carbocycles. The minimum atomic E-state index is 0.152. The number of nitrogens with zero attached hydrogens (tertiary/aromatic N) is 2. The standard InChI is InChI=1S/C15H24BrN3OS/c1-11(17)15(13-2-3-14(16)21-13)19-5-4-12(10-19)18-6-8-20-9-7-18/h2-3,11-12,15H,4-10,17H2,1H3. The number of ether oxygens (including phenoxy) is 1. The minimum absolute atomic E-state index is 0.152. The second kappa shape index (κ2) is 7.06. The quantitative estimate of drug-likeness (QED) is 0.878. The molecule has 0 saturated carbocycles. The number of likely N-dealkylation sites (tertiary alicyclic amines) is 1. The second-order valence-corrected chi connectivity index (χ2v) is 8.53. The molecule has 3 unspecified atom stereocenters. The molecule has 3 rings (SSSR count). The summed E-state index contributed by atoms with van der Waals surface area (Å²) in [5, 5.41) is 0. The monoisotopic (exact) mass is 373 g/mol. The predicted octanol–water partition coefficient (Wildman–Crippen LogP) is 2.31. The Labute approximate surface area is 139 Å². The lowest BCUT2D eigenvalue weighted by Crippen LogP contribution is -2.46. The van der Waals surface area contributed by atoms with Gasteiger partial charge in [0.15, 0.2) is 0 Å². The number of morpholine rings is 1. The lowest BCUT2D eigenvalue weighted by atomic mass is 10.1. The lowest BCUT2D eigenvalue weighted by Gasteiger charge is -2.34. The molecular weight excluding hydrogens is 350 g/mol. The molecule has 0 radical (unpaired) electrons. The van der Waals surface area contributed by atoms with Crippen molar-refractivity contribution in [1.82, 2.24) is 9.80 Å². The Morgan fingerprint density at radius 3 is 2.71 bits per heavy atom. The fourth-order valence-electron chi connectivity index (χ4n) is 3.52. The largest absolute Gasteiger partial charge is 0.379 e. The highest BCUT2D eigenvalue weighted by molar-refractivity contribution is 9.11. The van der Waals surface area contributed by atoms with E-state index in [2.05, 4.69) is 44.8 Å². The van der Waals surface area contributed by atoms with Gasteiger partial charge in [-0.05, 0) is 41.4 Å². The molecule has 1 aromatic rings. The Hall–Kier alpha value is 0.0200. The van der Waals surface area contributed by atoms with E-state index in [4.69, 9.17) is 10.5 Å². The van der Waals surface area contributed by atoms with Gasteiger partial charge < -0.3 is 10.5 Å². The van der Waals surface area contributed by atoms with Gasteiger partial charge in [-0.15, -0.1) is 11.3 Å². The zero-order valence-electron chi connectivity index (χ0n) is 12.5. The number of rotatable bonds is 4. The molecular formula is C15H24BrN3OS. The van der Waals surface area contributed by atoms with Gasteiger partial charge in [0.2, 0.25) is 0 Å². The van der Waals surface area contributed by atoms with Crippen LogP contribution in [0, 0.1) is 0 Å². The number of hydrogen-bond acceptors (Lipinski definition) is 5. The van der Waals surface area contributed by atoms with Gasteiger partial charge in [0.05, 0.1) is 23.0 Å². The van der Waals surface area contributed by atoms with Crippen molar-refractivity contribution >= 4 is 27.3 Å². The van der Waals surface area contributed by atoms with Crippen LogP contribution >= 0.6 is 27.3 Å². The second-order valence-electron chi connectivity index (χ2n) is 6.03. The molecule has 1 aromatic heterocycles. The maximum Gasteiger partial charge on any atom is 0.0702 e. The summed E-state index contributed by atoms with van der Waals surface area (Å²) in [5.74, 6) is 0.